The normalized spacial score (nSPS) is 10.5. The molecule has 0 unspecified atom stereocenters. The van der Waals surface area contributed by atoms with Gasteiger partial charge in [0, 0.05) is 16.3 Å². The largest absolute Gasteiger partial charge is 0.233 e. The quantitative estimate of drug-likeness (QED) is 0.723. The summed E-state index contributed by atoms with van der Waals surface area (Å²) in [5, 5.41) is 1.14. The van der Waals surface area contributed by atoms with Gasteiger partial charge in [-0.05, 0) is 47.1 Å². The fourth-order valence-corrected chi connectivity index (χ4v) is 2.31. The van der Waals surface area contributed by atoms with Gasteiger partial charge in [-0.25, -0.2) is 9.97 Å². The lowest BCUT2D eigenvalue weighted by molar-refractivity contribution is 1.09. The first-order chi connectivity index (χ1) is 7.56. The van der Waals surface area contributed by atoms with Gasteiger partial charge in [-0.1, -0.05) is 23.2 Å². The van der Waals surface area contributed by atoms with Crippen LogP contribution < -0.4 is 0 Å². The van der Waals surface area contributed by atoms with Gasteiger partial charge in [0.15, 0.2) is 5.82 Å². The maximum Gasteiger partial charge on any atom is 0.162 e. The van der Waals surface area contributed by atoms with E-state index in [0.29, 0.717) is 15.9 Å². The first-order valence-electron chi connectivity index (χ1n) is 4.53. The Labute approximate surface area is 112 Å². The number of rotatable bonds is 1. The number of aromatic nitrogens is 2. The highest BCUT2D eigenvalue weighted by Gasteiger charge is 2.08. The summed E-state index contributed by atoms with van der Waals surface area (Å²) in [4.78, 5) is 8.60. The Kier molecular flexibility index (Phi) is 3.47. The average Bonchev–Trinajstić information content (AvgIpc) is 2.15. The number of hydrogen-bond acceptors (Lipinski definition) is 2. The second-order valence-electron chi connectivity index (χ2n) is 3.28. The molecule has 0 aliphatic heterocycles. The molecule has 0 amide bonds. The molecular formula is C11H7BrCl2N2. The Bertz CT molecular complexity index is 523. The van der Waals surface area contributed by atoms with Crippen molar-refractivity contribution in [3.63, 3.8) is 0 Å². The van der Waals surface area contributed by atoms with Gasteiger partial charge >= 0.3 is 0 Å². The lowest BCUT2D eigenvalue weighted by Gasteiger charge is -2.04. The second-order valence-corrected chi connectivity index (χ2v) is 4.94. The molecule has 0 atom stereocenters. The topological polar surface area (TPSA) is 25.8 Å². The standard InChI is InChI=1S/C11H7BrCl2N2/c1-6-4-10(12)16-11(15-6)8-3-2-7(13)5-9(8)14/h2-5H,1H3. The van der Waals surface area contributed by atoms with E-state index in [2.05, 4.69) is 25.9 Å². The van der Waals surface area contributed by atoms with Gasteiger partial charge < -0.3 is 0 Å². The van der Waals surface area contributed by atoms with Crippen molar-refractivity contribution in [3.05, 3.63) is 44.6 Å². The van der Waals surface area contributed by atoms with Crippen LogP contribution in [0.4, 0.5) is 0 Å². The van der Waals surface area contributed by atoms with E-state index in [1.165, 1.54) is 0 Å². The predicted molar refractivity (Wildman–Crippen MR) is 69.9 cm³/mol. The van der Waals surface area contributed by atoms with Gasteiger partial charge in [-0.15, -0.1) is 0 Å². The smallest absolute Gasteiger partial charge is 0.162 e. The first kappa shape index (κ1) is 11.8. The van der Waals surface area contributed by atoms with Crippen LogP contribution in [0.15, 0.2) is 28.9 Å². The predicted octanol–water partition coefficient (Wildman–Crippen LogP) is 4.52. The van der Waals surface area contributed by atoms with E-state index in [-0.39, 0.29) is 0 Å². The third-order valence-electron chi connectivity index (χ3n) is 1.99. The van der Waals surface area contributed by atoms with Crippen molar-refractivity contribution in [2.75, 3.05) is 0 Å². The third-order valence-corrected chi connectivity index (χ3v) is 2.95. The number of aryl methyl sites for hydroxylation is 1. The zero-order valence-electron chi connectivity index (χ0n) is 8.34. The van der Waals surface area contributed by atoms with E-state index in [0.717, 1.165) is 15.9 Å². The van der Waals surface area contributed by atoms with E-state index in [1.54, 1.807) is 12.1 Å². The van der Waals surface area contributed by atoms with Crippen LogP contribution in [-0.2, 0) is 0 Å². The molecule has 0 aliphatic rings. The van der Waals surface area contributed by atoms with Gasteiger partial charge in [0.2, 0.25) is 0 Å². The Balaban J connectivity index is 2.58. The first-order valence-corrected chi connectivity index (χ1v) is 6.08. The monoisotopic (exact) mass is 316 g/mol. The zero-order chi connectivity index (χ0) is 11.7. The molecule has 1 aromatic carbocycles. The van der Waals surface area contributed by atoms with Gasteiger partial charge in [0.1, 0.15) is 4.60 Å². The number of benzene rings is 1. The summed E-state index contributed by atoms with van der Waals surface area (Å²) in [5.74, 6) is 0.591. The molecule has 16 heavy (non-hydrogen) atoms. The summed E-state index contributed by atoms with van der Waals surface area (Å²) in [6.07, 6.45) is 0. The molecule has 0 N–H and O–H groups in total. The van der Waals surface area contributed by atoms with Crippen LogP contribution in [0.5, 0.6) is 0 Å². The maximum absolute atomic E-state index is 6.09. The van der Waals surface area contributed by atoms with Crippen LogP contribution in [0.3, 0.4) is 0 Å². The Morgan fingerprint density at radius 2 is 1.88 bits per heavy atom. The highest BCUT2D eigenvalue weighted by molar-refractivity contribution is 9.10. The van der Waals surface area contributed by atoms with E-state index in [1.807, 2.05) is 19.1 Å². The van der Waals surface area contributed by atoms with E-state index >= 15 is 0 Å². The lowest BCUT2D eigenvalue weighted by atomic mass is 10.2. The lowest BCUT2D eigenvalue weighted by Crippen LogP contribution is -1.93. The van der Waals surface area contributed by atoms with Crippen LogP contribution in [0, 0.1) is 6.92 Å². The van der Waals surface area contributed by atoms with E-state index < -0.39 is 0 Å². The van der Waals surface area contributed by atoms with Crippen LogP contribution in [-0.4, -0.2) is 9.97 Å². The molecule has 0 fully saturated rings. The van der Waals surface area contributed by atoms with Gasteiger partial charge in [0.25, 0.3) is 0 Å². The highest BCUT2D eigenvalue weighted by atomic mass is 79.9. The van der Waals surface area contributed by atoms with E-state index in [9.17, 15) is 0 Å². The molecular weight excluding hydrogens is 311 g/mol. The van der Waals surface area contributed by atoms with Crippen molar-refractivity contribution in [2.45, 2.75) is 6.92 Å². The molecule has 1 heterocycles. The fraction of sp³-hybridized carbons (Fsp3) is 0.0909. The molecule has 0 radical (unpaired) electrons. The molecule has 0 aliphatic carbocycles. The van der Waals surface area contributed by atoms with Crippen molar-refractivity contribution in [3.8, 4) is 11.4 Å². The van der Waals surface area contributed by atoms with Gasteiger partial charge in [0.05, 0.1) is 5.02 Å². The third kappa shape index (κ3) is 2.54. The molecule has 82 valence electrons. The number of halogens is 3. The van der Waals surface area contributed by atoms with Crippen molar-refractivity contribution in [2.24, 2.45) is 0 Å². The molecule has 0 saturated heterocycles. The van der Waals surface area contributed by atoms with Crippen molar-refractivity contribution in [1.82, 2.24) is 9.97 Å². The average molecular weight is 318 g/mol. The maximum atomic E-state index is 6.09. The van der Waals surface area contributed by atoms with Crippen LogP contribution in [0.25, 0.3) is 11.4 Å². The summed E-state index contributed by atoms with van der Waals surface area (Å²) in [7, 11) is 0. The summed E-state index contributed by atoms with van der Waals surface area (Å²) in [5.41, 5.74) is 1.65. The SMILES string of the molecule is Cc1cc(Br)nc(-c2ccc(Cl)cc2Cl)n1. The van der Waals surface area contributed by atoms with Crippen LogP contribution in [0.1, 0.15) is 5.69 Å². The Morgan fingerprint density at radius 1 is 1.12 bits per heavy atom. The molecule has 2 nitrogen and oxygen atoms in total. The number of nitrogens with zero attached hydrogens (tertiary/aromatic N) is 2. The van der Waals surface area contributed by atoms with Crippen molar-refractivity contribution >= 4 is 39.1 Å². The molecule has 1 aromatic heterocycles. The minimum absolute atomic E-state index is 0.546. The minimum atomic E-state index is 0.546. The van der Waals surface area contributed by atoms with Crippen molar-refractivity contribution in [1.29, 1.82) is 0 Å². The molecule has 0 bridgehead atoms. The summed E-state index contributed by atoms with van der Waals surface area (Å²) >= 11 is 15.3. The van der Waals surface area contributed by atoms with Crippen molar-refractivity contribution < 1.29 is 0 Å². The molecule has 0 spiro atoms. The van der Waals surface area contributed by atoms with E-state index in [4.69, 9.17) is 23.2 Å². The molecule has 2 aromatic rings. The molecule has 0 saturated carbocycles. The Hall–Kier alpha value is -0.640. The zero-order valence-corrected chi connectivity index (χ0v) is 11.4. The summed E-state index contributed by atoms with van der Waals surface area (Å²) in [6.45, 7) is 1.90. The molecule has 2 rings (SSSR count). The highest BCUT2D eigenvalue weighted by Crippen LogP contribution is 2.28. The summed E-state index contributed by atoms with van der Waals surface area (Å²) < 4.78 is 0.737. The number of hydrogen-bond donors (Lipinski definition) is 0. The Morgan fingerprint density at radius 3 is 2.50 bits per heavy atom. The van der Waals surface area contributed by atoms with Crippen LogP contribution in [0.2, 0.25) is 10.0 Å². The minimum Gasteiger partial charge on any atom is -0.233 e. The summed E-state index contributed by atoms with van der Waals surface area (Å²) in [6, 6.07) is 7.10. The fourth-order valence-electron chi connectivity index (χ4n) is 1.32. The van der Waals surface area contributed by atoms with Gasteiger partial charge in [-0.2, -0.15) is 0 Å². The van der Waals surface area contributed by atoms with Gasteiger partial charge in [-0.3, -0.25) is 0 Å². The molecule has 5 heteroatoms. The van der Waals surface area contributed by atoms with Crippen LogP contribution >= 0.6 is 39.1 Å². The second kappa shape index (κ2) is 4.70.